The van der Waals surface area contributed by atoms with E-state index in [0.29, 0.717) is 19.0 Å². The highest BCUT2D eigenvalue weighted by molar-refractivity contribution is 5.79. The van der Waals surface area contributed by atoms with Gasteiger partial charge >= 0.3 is 0 Å². The summed E-state index contributed by atoms with van der Waals surface area (Å²) in [6.45, 7) is 1.87. The Labute approximate surface area is 140 Å². The highest BCUT2D eigenvalue weighted by atomic mass is 16.5. The van der Waals surface area contributed by atoms with Gasteiger partial charge in [-0.3, -0.25) is 9.78 Å². The van der Waals surface area contributed by atoms with Gasteiger partial charge in [-0.15, -0.1) is 0 Å². The molecule has 0 spiro atoms. The average molecular weight is 325 g/mol. The van der Waals surface area contributed by atoms with E-state index in [-0.39, 0.29) is 24.0 Å². The number of amides is 1. The largest absolute Gasteiger partial charge is 0.370 e. The van der Waals surface area contributed by atoms with Crippen LogP contribution in [0, 0.1) is 5.92 Å². The lowest BCUT2D eigenvalue weighted by Crippen LogP contribution is -2.46. The summed E-state index contributed by atoms with van der Waals surface area (Å²) in [4.78, 5) is 27.3. The van der Waals surface area contributed by atoms with E-state index in [9.17, 15) is 4.79 Å². The summed E-state index contributed by atoms with van der Waals surface area (Å²) in [7, 11) is 0. The molecule has 1 amide bonds. The molecule has 124 valence electrons. The molecule has 24 heavy (non-hydrogen) atoms. The van der Waals surface area contributed by atoms with E-state index in [1.165, 1.54) is 0 Å². The Hall–Kier alpha value is -2.54. The van der Waals surface area contributed by atoms with Crippen LogP contribution in [0.4, 0.5) is 5.95 Å². The van der Waals surface area contributed by atoms with Crippen LogP contribution in [-0.4, -0.2) is 46.2 Å². The first-order valence-electron chi connectivity index (χ1n) is 8.13. The lowest BCUT2D eigenvalue weighted by molar-refractivity contribution is -0.126. The third kappa shape index (κ3) is 3.07. The molecule has 4 rings (SSSR count). The Kier molecular flexibility index (Phi) is 4.08. The molecule has 2 aromatic heterocycles. The van der Waals surface area contributed by atoms with Gasteiger partial charge in [0, 0.05) is 44.4 Å². The van der Waals surface area contributed by atoms with Crippen LogP contribution in [-0.2, 0) is 16.1 Å². The minimum atomic E-state index is -0.125. The molecule has 2 saturated heterocycles. The molecule has 0 saturated carbocycles. The lowest BCUT2D eigenvalue weighted by atomic mass is 9.99. The molecule has 2 aromatic rings. The molecule has 3 unspecified atom stereocenters. The van der Waals surface area contributed by atoms with Gasteiger partial charge in [-0.05, 0) is 24.1 Å². The number of pyridine rings is 1. The fraction of sp³-hybridized carbons (Fsp3) is 0.412. The molecule has 4 heterocycles. The lowest BCUT2D eigenvalue weighted by Gasteiger charge is -2.32. The zero-order valence-electron chi connectivity index (χ0n) is 13.2. The molecule has 0 aromatic carbocycles. The van der Waals surface area contributed by atoms with E-state index in [1.54, 1.807) is 30.9 Å². The number of carbonyl (C=O) groups is 1. The van der Waals surface area contributed by atoms with Gasteiger partial charge in [0.1, 0.15) is 0 Å². The third-order valence-corrected chi connectivity index (χ3v) is 4.52. The Balaban J connectivity index is 1.38. The van der Waals surface area contributed by atoms with Crippen molar-refractivity contribution in [2.75, 3.05) is 18.0 Å². The quantitative estimate of drug-likeness (QED) is 0.895. The summed E-state index contributed by atoms with van der Waals surface area (Å²) in [5.74, 6) is 0.620. The molecule has 7 nitrogen and oxygen atoms in total. The number of hydrogen-bond acceptors (Lipinski definition) is 6. The zero-order chi connectivity index (χ0) is 16.4. The molecule has 1 N–H and O–H groups in total. The first-order valence-corrected chi connectivity index (χ1v) is 8.13. The van der Waals surface area contributed by atoms with E-state index in [1.807, 2.05) is 12.1 Å². The SMILES string of the molecule is O=C(NCc1cccnc1)C1CC2CN(c3ncccn3)CC1O2. The van der Waals surface area contributed by atoms with Crippen LogP contribution in [0.3, 0.4) is 0 Å². The van der Waals surface area contributed by atoms with Crippen molar-refractivity contribution in [2.24, 2.45) is 5.92 Å². The van der Waals surface area contributed by atoms with Crippen molar-refractivity contribution in [3.05, 3.63) is 48.5 Å². The van der Waals surface area contributed by atoms with E-state index in [4.69, 9.17) is 4.74 Å². The van der Waals surface area contributed by atoms with Crippen molar-refractivity contribution in [1.82, 2.24) is 20.3 Å². The predicted octanol–water partition coefficient (Wildman–Crippen LogP) is 0.782. The number of ether oxygens (including phenoxy) is 1. The molecule has 2 aliphatic heterocycles. The number of rotatable bonds is 4. The van der Waals surface area contributed by atoms with E-state index in [2.05, 4.69) is 25.2 Å². The summed E-state index contributed by atoms with van der Waals surface area (Å²) < 4.78 is 5.96. The topological polar surface area (TPSA) is 80.2 Å². The predicted molar refractivity (Wildman–Crippen MR) is 87.1 cm³/mol. The highest BCUT2D eigenvalue weighted by Crippen LogP contribution is 2.33. The summed E-state index contributed by atoms with van der Waals surface area (Å²) >= 11 is 0. The number of fused-ring (bicyclic) bond motifs is 2. The van der Waals surface area contributed by atoms with Gasteiger partial charge in [-0.1, -0.05) is 6.07 Å². The molecule has 0 aliphatic carbocycles. The van der Waals surface area contributed by atoms with Gasteiger partial charge in [0.2, 0.25) is 11.9 Å². The molecule has 2 aliphatic rings. The third-order valence-electron chi connectivity index (χ3n) is 4.52. The minimum Gasteiger partial charge on any atom is -0.370 e. The van der Waals surface area contributed by atoms with Crippen molar-refractivity contribution in [3.8, 4) is 0 Å². The highest BCUT2D eigenvalue weighted by Gasteiger charge is 2.45. The monoisotopic (exact) mass is 325 g/mol. The van der Waals surface area contributed by atoms with Crippen molar-refractivity contribution in [3.63, 3.8) is 0 Å². The van der Waals surface area contributed by atoms with E-state index >= 15 is 0 Å². The fourth-order valence-electron chi connectivity index (χ4n) is 3.37. The van der Waals surface area contributed by atoms with Crippen LogP contribution in [0.1, 0.15) is 12.0 Å². The van der Waals surface area contributed by atoms with Crippen LogP contribution in [0.5, 0.6) is 0 Å². The second-order valence-electron chi connectivity index (χ2n) is 6.17. The summed E-state index contributed by atoms with van der Waals surface area (Å²) in [6, 6.07) is 5.61. The molecule has 2 fully saturated rings. The van der Waals surface area contributed by atoms with Crippen molar-refractivity contribution in [1.29, 1.82) is 0 Å². The summed E-state index contributed by atoms with van der Waals surface area (Å²) in [5, 5.41) is 3.00. The molecular weight excluding hydrogens is 306 g/mol. The van der Waals surface area contributed by atoms with E-state index in [0.717, 1.165) is 18.5 Å². The van der Waals surface area contributed by atoms with Crippen LogP contribution >= 0.6 is 0 Å². The van der Waals surface area contributed by atoms with Gasteiger partial charge in [-0.25, -0.2) is 9.97 Å². The van der Waals surface area contributed by atoms with Gasteiger partial charge in [-0.2, -0.15) is 0 Å². The maximum Gasteiger partial charge on any atom is 0.226 e. The number of nitrogens with one attached hydrogen (secondary N) is 1. The molecule has 0 radical (unpaired) electrons. The maximum atomic E-state index is 12.5. The zero-order valence-corrected chi connectivity index (χ0v) is 13.2. The van der Waals surface area contributed by atoms with E-state index < -0.39 is 0 Å². The van der Waals surface area contributed by atoms with Crippen LogP contribution in [0.2, 0.25) is 0 Å². The Morgan fingerprint density at radius 2 is 2.12 bits per heavy atom. The van der Waals surface area contributed by atoms with Gasteiger partial charge in [0.25, 0.3) is 0 Å². The Bertz CT molecular complexity index is 697. The second kappa shape index (κ2) is 6.52. The second-order valence-corrected chi connectivity index (χ2v) is 6.17. The number of anilines is 1. The first kappa shape index (κ1) is 15.0. The van der Waals surface area contributed by atoms with Crippen molar-refractivity contribution in [2.45, 2.75) is 25.2 Å². The average Bonchev–Trinajstić information content (AvgIpc) is 2.95. The number of hydrogen-bond donors (Lipinski definition) is 1. The van der Waals surface area contributed by atoms with Crippen LogP contribution in [0.15, 0.2) is 43.0 Å². The molecule has 7 heteroatoms. The number of morpholine rings is 1. The van der Waals surface area contributed by atoms with Crippen LogP contribution < -0.4 is 10.2 Å². The fourth-order valence-corrected chi connectivity index (χ4v) is 3.37. The normalized spacial score (nSPS) is 25.5. The van der Waals surface area contributed by atoms with Crippen molar-refractivity contribution >= 4 is 11.9 Å². The Morgan fingerprint density at radius 3 is 2.92 bits per heavy atom. The minimum absolute atomic E-state index is 0.0437. The molecular formula is C17H19N5O2. The molecule has 2 bridgehead atoms. The summed E-state index contributed by atoms with van der Waals surface area (Å²) in [5.41, 5.74) is 0.993. The maximum absolute atomic E-state index is 12.5. The van der Waals surface area contributed by atoms with Gasteiger partial charge in [0.05, 0.1) is 18.1 Å². The number of nitrogens with zero attached hydrogens (tertiary/aromatic N) is 4. The molecule has 3 atom stereocenters. The van der Waals surface area contributed by atoms with Gasteiger partial charge < -0.3 is 15.0 Å². The number of aromatic nitrogens is 3. The Morgan fingerprint density at radius 1 is 1.25 bits per heavy atom. The smallest absolute Gasteiger partial charge is 0.226 e. The van der Waals surface area contributed by atoms with Gasteiger partial charge in [0.15, 0.2) is 0 Å². The van der Waals surface area contributed by atoms with Crippen LogP contribution in [0.25, 0.3) is 0 Å². The number of carbonyl (C=O) groups excluding carboxylic acids is 1. The first-order chi connectivity index (χ1) is 11.8. The standard InChI is InChI=1S/C17H19N5O2/c23-16(21-9-12-3-1-4-18-8-12)14-7-13-10-22(11-15(14)24-13)17-19-5-2-6-20-17/h1-6,8,13-15H,7,9-11H2,(H,21,23). The summed E-state index contributed by atoms with van der Waals surface area (Å²) in [6.07, 6.45) is 7.64. The van der Waals surface area contributed by atoms with Crippen molar-refractivity contribution < 1.29 is 9.53 Å².